The maximum atomic E-state index is 12.5. The molecular formula is C14H20O4S. The van der Waals surface area contributed by atoms with E-state index >= 15 is 0 Å². The normalized spacial score (nSPS) is 13.2. The Balaban J connectivity index is 3.26. The number of aliphatic carboxylic acids is 1. The van der Waals surface area contributed by atoms with Gasteiger partial charge in [-0.1, -0.05) is 31.9 Å². The molecule has 1 rings (SSSR count). The maximum Gasteiger partial charge on any atom is 0.322 e. The minimum Gasteiger partial charge on any atom is -0.480 e. The SMILES string of the molecule is CCCCC(C(=O)O)S(=O)(=O)c1cc(C)ccc1C. The zero-order valence-electron chi connectivity index (χ0n) is 11.5. The first-order valence-corrected chi connectivity index (χ1v) is 7.89. The number of hydrogen-bond donors (Lipinski definition) is 1. The third-order valence-electron chi connectivity index (χ3n) is 3.12. The first kappa shape index (κ1) is 15.7. The largest absolute Gasteiger partial charge is 0.480 e. The maximum absolute atomic E-state index is 12.5. The predicted molar refractivity (Wildman–Crippen MR) is 74.1 cm³/mol. The molecule has 1 N–H and O–H groups in total. The molecule has 4 nitrogen and oxygen atoms in total. The van der Waals surface area contributed by atoms with E-state index in [4.69, 9.17) is 0 Å². The van der Waals surface area contributed by atoms with Crippen molar-refractivity contribution in [1.82, 2.24) is 0 Å². The standard InChI is InChI=1S/C14H20O4S/c1-4-5-6-12(14(15)16)19(17,18)13-9-10(2)7-8-11(13)3/h7-9,12H,4-6H2,1-3H3,(H,15,16). The zero-order chi connectivity index (χ0) is 14.6. The van der Waals surface area contributed by atoms with Gasteiger partial charge in [0, 0.05) is 0 Å². The van der Waals surface area contributed by atoms with Crippen molar-refractivity contribution < 1.29 is 18.3 Å². The lowest BCUT2D eigenvalue weighted by Gasteiger charge is -2.15. The van der Waals surface area contributed by atoms with E-state index in [1.807, 2.05) is 13.0 Å². The lowest BCUT2D eigenvalue weighted by atomic mass is 10.2. The van der Waals surface area contributed by atoms with Gasteiger partial charge >= 0.3 is 5.97 Å². The molecule has 0 amide bonds. The molecule has 0 saturated carbocycles. The van der Waals surface area contributed by atoms with E-state index in [2.05, 4.69) is 0 Å². The van der Waals surface area contributed by atoms with Gasteiger partial charge in [-0.2, -0.15) is 0 Å². The fourth-order valence-corrected chi connectivity index (χ4v) is 3.88. The number of benzene rings is 1. The lowest BCUT2D eigenvalue weighted by molar-refractivity contribution is -0.136. The van der Waals surface area contributed by atoms with Crippen LogP contribution in [0.15, 0.2) is 23.1 Å². The van der Waals surface area contributed by atoms with Gasteiger partial charge in [-0.25, -0.2) is 8.42 Å². The van der Waals surface area contributed by atoms with Gasteiger partial charge in [0.15, 0.2) is 15.1 Å². The number of carbonyl (C=O) groups is 1. The monoisotopic (exact) mass is 284 g/mol. The highest BCUT2D eigenvalue weighted by Crippen LogP contribution is 2.24. The Kier molecular flexibility index (Phi) is 5.11. The summed E-state index contributed by atoms with van der Waals surface area (Å²) in [5, 5.41) is 7.82. The first-order chi connectivity index (χ1) is 8.80. The average molecular weight is 284 g/mol. The summed E-state index contributed by atoms with van der Waals surface area (Å²) < 4.78 is 24.9. The molecule has 0 fully saturated rings. The summed E-state index contributed by atoms with van der Waals surface area (Å²) >= 11 is 0. The summed E-state index contributed by atoms with van der Waals surface area (Å²) in [7, 11) is -3.83. The summed E-state index contributed by atoms with van der Waals surface area (Å²) in [6, 6.07) is 5.07. The Morgan fingerprint density at radius 3 is 2.47 bits per heavy atom. The second kappa shape index (κ2) is 6.19. The van der Waals surface area contributed by atoms with E-state index in [1.165, 1.54) is 0 Å². The second-order valence-electron chi connectivity index (χ2n) is 4.78. The van der Waals surface area contributed by atoms with Crippen LogP contribution < -0.4 is 0 Å². The molecule has 1 aromatic rings. The van der Waals surface area contributed by atoms with Gasteiger partial charge in [-0.15, -0.1) is 0 Å². The van der Waals surface area contributed by atoms with Crippen LogP contribution in [0.3, 0.4) is 0 Å². The summed E-state index contributed by atoms with van der Waals surface area (Å²) in [6.07, 6.45) is 1.51. The van der Waals surface area contributed by atoms with Crippen molar-refractivity contribution in [2.45, 2.75) is 50.2 Å². The smallest absolute Gasteiger partial charge is 0.322 e. The van der Waals surface area contributed by atoms with Crippen LogP contribution in [0.5, 0.6) is 0 Å². The van der Waals surface area contributed by atoms with Crippen molar-refractivity contribution in [2.24, 2.45) is 0 Å². The zero-order valence-corrected chi connectivity index (χ0v) is 12.3. The molecule has 0 aliphatic carbocycles. The van der Waals surface area contributed by atoms with Gasteiger partial charge < -0.3 is 5.11 Å². The molecule has 106 valence electrons. The third kappa shape index (κ3) is 3.56. The summed E-state index contributed by atoms with van der Waals surface area (Å²) in [5.41, 5.74) is 1.40. The van der Waals surface area contributed by atoms with Crippen LogP contribution in [-0.4, -0.2) is 24.7 Å². The second-order valence-corrected chi connectivity index (χ2v) is 6.88. The number of carboxylic acid groups (broad SMARTS) is 1. The molecular weight excluding hydrogens is 264 g/mol. The van der Waals surface area contributed by atoms with E-state index in [-0.39, 0.29) is 11.3 Å². The van der Waals surface area contributed by atoms with E-state index in [9.17, 15) is 18.3 Å². The highest BCUT2D eigenvalue weighted by molar-refractivity contribution is 7.92. The lowest BCUT2D eigenvalue weighted by Crippen LogP contribution is -2.30. The molecule has 0 aromatic heterocycles. The van der Waals surface area contributed by atoms with Crippen LogP contribution in [0.1, 0.15) is 37.3 Å². The fourth-order valence-electron chi connectivity index (χ4n) is 1.97. The van der Waals surface area contributed by atoms with Crippen molar-refractivity contribution in [3.63, 3.8) is 0 Å². The number of rotatable bonds is 6. The van der Waals surface area contributed by atoms with Gasteiger partial charge in [0.2, 0.25) is 0 Å². The van der Waals surface area contributed by atoms with Crippen LogP contribution in [0, 0.1) is 13.8 Å². The molecule has 1 aromatic carbocycles. The van der Waals surface area contributed by atoms with Crippen molar-refractivity contribution in [3.05, 3.63) is 29.3 Å². The molecule has 0 aliphatic heterocycles. The quantitative estimate of drug-likeness (QED) is 0.872. The van der Waals surface area contributed by atoms with Crippen molar-refractivity contribution in [1.29, 1.82) is 0 Å². The fraction of sp³-hybridized carbons (Fsp3) is 0.500. The topological polar surface area (TPSA) is 71.4 Å². The highest BCUT2D eigenvalue weighted by atomic mass is 32.2. The molecule has 5 heteroatoms. The molecule has 1 unspecified atom stereocenters. The van der Waals surface area contributed by atoms with Gasteiger partial charge in [0.25, 0.3) is 0 Å². The summed E-state index contributed by atoms with van der Waals surface area (Å²) in [5.74, 6) is -1.27. The predicted octanol–water partition coefficient (Wildman–Crippen LogP) is 2.72. The summed E-state index contributed by atoms with van der Waals surface area (Å²) in [4.78, 5) is 11.4. The Morgan fingerprint density at radius 1 is 1.32 bits per heavy atom. The minimum atomic E-state index is -3.83. The van der Waals surface area contributed by atoms with Gasteiger partial charge in [-0.3, -0.25) is 4.79 Å². The third-order valence-corrected chi connectivity index (χ3v) is 5.36. The Hall–Kier alpha value is -1.36. The molecule has 1 atom stereocenters. The Morgan fingerprint density at radius 2 is 1.95 bits per heavy atom. The van der Waals surface area contributed by atoms with Crippen LogP contribution >= 0.6 is 0 Å². The van der Waals surface area contributed by atoms with Crippen molar-refractivity contribution >= 4 is 15.8 Å². The van der Waals surface area contributed by atoms with Crippen molar-refractivity contribution in [3.8, 4) is 0 Å². The number of sulfone groups is 1. The Bertz CT molecular complexity index is 561. The van der Waals surface area contributed by atoms with Crippen LogP contribution in [-0.2, 0) is 14.6 Å². The number of carboxylic acids is 1. The Labute approximate surface area is 114 Å². The molecule has 0 heterocycles. The number of aryl methyl sites for hydroxylation is 2. The van der Waals surface area contributed by atoms with E-state index in [1.54, 1.807) is 26.0 Å². The highest BCUT2D eigenvalue weighted by Gasteiger charge is 2.34. The molecule has 0 aliphatic rings. The van der Waals surface area contributed by atoms with E-state index in [0.29, 0.717) is 12.0 Å². The van der Waals surface area contributed by atoms with Crippen molar-refractivity contribution in [2.75, 3.05) is 0 Å². The van der Waals surface area contributed by atoms with E-state index < -0.39 is 21.1 Å². The summed E-state index contributed by atoms with van der Waals surface area (Å²) in [6.45, 7) is 5.38. The van der Waals surface area contributed by atoms with Gasteiger partial charge in [0.05, 0.1) is 4.90 Å². The van der Waals surface area contributed by atoms with E-state index in [0.717, 1.165) is 12.0 Å². The molecule has 0 radical (unpaired) electrons. The molecule has 19 heavy (non-hydrogen) atoms. The van der Waals surface area contributed by atoms with Gasteiger partial charge in [-0.05, 0) is 37.5 Å². The molecule has 0 spiro atoms. The molecule has 0 bridgehead atoms. The minimum absolute atomic E-state index is 0.135. The number of unbranched alkanes of at least 4 members (excludes halogenated alkanes) is 1. The van der Waals surface area contributed by atoms with Crippen LogP contribution in [0.4, 0.5) is 0 Å². The average Bonchev–Trinajstić information content (AvgIpc) is 2.32. The van der Waals surface area contributed by atoms with Crippen LogP contribution in [0.2, 0.25) is 0 Å². The van der Waals surface area contributed by atoms with Gasteiger partial charge in [0.1, 0.15) is 0 Å². The van der Waals surface area contributed by atoms with Crippen LogP contribution in [0.25, 0.3) is 0 Å². The number of hydrogen-bond acceptors (Lipinski definition) is 3. The first-order valence-electron chi connectivity index (χ1n) is 6.34. The molecule has 0 saturated heterocycles.